The molecule has 0 spiro atoms. The van der Waals surface area contributed by atoms with Gasteiger partial charge in [-0.3, -0.25) is 4.98 Å². The molecule has 0 bridgehead atoms. The Morgan fingerprint density at radius 3 is 2.55 bits per heavy atom. The van der Waals surface area contributed by atoms with Gasteiger partial charge in [0.05, 0.1) is 5.69 Å². The first kappa shape index (κ1) is 12.8. The van der Waals surface area contributed by atoms with Gasteiger partial charge in [-0.2, -0.15) is 0 Å². The third kappa shape index (κ3) is 2.06. The number of halogens is 1. The van der Waals surface area contributed by atoms with E-state index < -0.39 is 0 Å². The molecule has 0 aliphatic rings. The summed E-state index contributed by atoms with van der Waals surface area (Å²) in [6.07, 6.45) is 1.82. The van der Waals surface area contributed by atoms with Gasteiger partial charge < -0.3 is 5.73 Å². The number of pyridine rings is 1. The highest BCUT2D eigenvalue weighted by molar-refractivity contribution is 5.99. The van der Waals surface area contributed by atoms with Crippen molar-refractivity contribution in [3.63, 3.8) is 0 Å². The third-order valence-corrected chi connectivity index (χ3v) is 3.55. The molecule has 0 saturated heterocycles. The number of benzene rings is 2. The van der Waals surface area contributed by atoms with Gasteiger partial charge in [-0.1, -0.05) is 30.3 Å². The monoisotopic (exact) mass is 266 g/mol. The summed E-state index contributed by atoms with van der Waals surface area (Å²) in [7, 11) is 0. The van der Waals surface area contributed by atoms with Crippen LogP contribution in [0, 0.1) is 12.7 Å². The molecule has 0 amide bonds. The lowest BCUT2D eigenvalue weighted by molar-refractivity contribution is 0.628. The smallest absolute Gasteiger partial charge is 0.123 e. The average molecular weight is 266 g/mol. The van der Waals surface area contributed by atoms with Crippen molar-refractivity contribution >= 4 is 10.8 Å². The first-order valence-electron chi connectivity index (χ1n) is 6.54. The number of aromatic nitrogens is 1. The van der Waals surface area contributed by atoms with Crippen molar-refractivity contribution in [2.24, 2.45) is 5.73 Å². The highest BCUT2D eigenvalue weighted by Crippen LogP contribution is 2.31. The minimum atomic E-state index is -0.235. The Kier molecular flexibility index (Phi) is 3.20. The Hall–Kier alpha value is -2.26. The maximum Gasteiger partial charge on any atom is 0.123 e. The summed E-state index contributed by atoms with van der Waals surface area (Å²) < 4.78 is 13.1. The van der Waals surface area contributed by atoms with Crippen molar-refractivity contribution < 1.29 is 4.39 Å². The van der Waals surface area contributed by atoms with E-state index in [4.69, 9.17) is 5.73 Å². The van der Waals surface area contributed by atoms with Crippen molar-refractivity contribution in [3.05, 3.63) is 65.7 Å². The molecule has 0 unspecified atom stereocenters. The molecule has 3 heteroatoms. The van der Waals surface area contributed by atoms with Gasteiger partial charge in [0, 0.05) is 23.7 Å². The molecule has 20 heavy (non-hydrogen) atoms. The van der Waals surface area contributed by atoms with E-state index in [0.29, 0.717) is 6.54 Å². The van der Waals surface area contributed by atoms with E-state index in [1.54, 1.807) is 12.1 Å². The number of fused-ring (bicyclic) bond motifs is 1. The van der Waals surface area contributed by atoms with E-state index in [1.165, 1.54) is 17.7 Å². The molecule has 3 aromatic rings. The highest BCUT2D eigenvalue weighted by atomic mass is 19.1. The molecule has 0 aliphatic carbocycles. The molecule has 100 valence electrons. The van der Waals surface area contributed by atoms with Crippen LogP contribution in [-0.4, -0.2) is 4.98 Å². The van der Waals surface area contributed by atoms with Crippen molar-refractivity contribution in [3.8, 4) is 11.1 Å². The Bertz CT molecular complexity index is 764. The fourth-order valence-corrected chi connectivity index (χ4v) is 2.55. The van der Waals surface area contributed by atoms with Gasteiger partial charge in [0.15, 0.2) is 0 Å². The van der Waals surface area contributed by atoms with E-state index in [9.17, 15) is 4.39 Å². The fraction of sp³-hybridized carbons (Fsp3) is 0.118. The third-order valence-electron chi connectivity index (χ3n) is 3.55. The van der Waals surface area contributed by atoms with Crippen molar-refractivity contribution in [2.75, 3.05) is 0 Å². The Balaban J connectivity index is 2.34. The summed E-state index contributed by atoms with van der Waals surface area (Å²) in [5.74, 6) is -0.235. The number of aryl methyl sites for hydroxylation is 1. The molecule has 0 saturated carbocycles. The van der Waals surface area contributed by atoms with E-state index in [-0.39, 0.29) is 5.82 Å². The number of rotatable bonds is 2. The first-order valence-corrected chi connectivity index (χ1v) is 6.54. The number of nitrogens with two attached hydrogens (primary N) is 1. The maximum atomic E-state index is 13.1. The second-order valence-electron chi connectivity index (χ2n) is 4.83. The molecular weight excluding hydrogens is 251 g/mol. The van der Waals surface area contributed by atoms with Gasteiger partial charge >= 0.3 is 0 Å². The normalized spacial score (nSPS) is 10.9. The second-order valence-corrected chi connectivity index (χ2v) is 4.83. The number of nitrogens with zero attached hydrogens (tertiary/aromatic N) is 1. The quantitative estimate of drug-likeness (QED) is 0.766. The van der Waals surface area contributed by atoms with Gasteiger partial charge in [0.2, 0.25) is 0 Å². The van der Waals surface area contributed by atoms with Crippen molar-refractivity contribution in [1.82, 2.24) is 4.98 Å². The largest absolute Gasteiger partial charge is 0.325 e. The summed E-state index contributed by atoms with van der Waals surface area (Å²) >= 11 is 0. The van der Waals surface area contributed by atoms with E-state index in [2.05, 4.69) is 18.0 Å². The van der Waals surface area contributed by atoms with Crippen LogP contribution in [0.4, 0.5) is 4.39 Å². The number of hydrogen-bond donors (Lipinski definition) is 1. The van der Waals surface area contributed by atoms with Crippen LogP contribution in [-0.2, 0) is 6.54 Å². The zero-order chi connectivity index (χ0) is 14.1. The maximum absolute atomic E-state index is 13.1. The minimum Gasteiger partial charge on any atom is -0.325 e. The molecular formula is C17H15FN2. The summed E-state index contributed by atoms with van der Waals surface area (Å²) in [5.41, 5.74) is 9.78. The van der Waals surface area contributed by atoms with E-state index >= 15 is 0 Å². The molecule has 2 nitrogen and oxygen atoms in total. The van der Waals surface area contributed by atoms with Gasteiger partial charge in [-0.25, -0.2) is 4.39 Å². The molecule has 3 rings (SSSR count). The summed E-state index contributed by atoms with van der Waals surface area (Å²) in [6, 6.07) is 12.6. The second kappa shape index (κ2) is 5.02. The Morgan fingerprint density at radius 1 is 1.10 bits per heavy atom. The Morgan fingerprint density at radius 2 is 1.85 bits per heavy atom. The standard InChI is InChI=1S/C17H15FN2/c1-11-3-2-4-14-16(9-19)20-10-15(17(11)14)12-5-7-13(18)8-6-12/h2-8,10H,9,19H2,1H3. The van der Waals surface area contributed by atoms with Crippen LogP contribution in [0.15, 0.2) is 48.7 Å². The van der Waals surface area contributed by atoms with Crippen molar-refractivity contribution in [1.29, 1.82) is 0 Å². The van der Waals surface area contributed by atoms with Crippen molar-refractivity contribution in [2.45, 2.75) is 13.5 Å². The predicted octanol–water partition coefficient (Wildman–Crippen LogP) is 3.81. The Labute approximate surface area is 117 Å². The van der Waals surface area contributed by atoms with Crippen LogP contribution in [0.5, 0.6) is 0 Å². The lowest BCUT2D eigenvalue weighted by Crippen LogP contribution is -2.01. The molecule has 1 heterocycles. The van der Waals surface area contributed by atoms with Gasteiger partial charge in [0.1, 0.15) is 5.82 Å². The predicted molar refractivity (Wildman–Crippen MR) is 79.8 cm³/mol. The lowest BCUT2D eigenvalue weighted by atomic mass is 9.96. The van der Waals surface area contributed by atoms with Crippen LogP contribution < -0.4 is 5.73 Å². The topological polar surface area (TPSA) is 38.9 Å². The van der Waals surface area contributed by atoms with Crippen LogP contribution in [0.2, 0.25) is 0 Å². The van der Waals surface area contributed by atoms with Gasteiger partial charge in [-0.05, 0) is 35.6 Å². The zero-order valence-electron chi connectivity index (χ0n) is 11.2. The minimum absolute atomic E-state index is 0.235. The molecule has 2 aromatic carbocycles. The summed E-state index contributed by atoms with van der Waals surface area (Å²) in [6.45, 7) is 2.47. The molecule has 1 aromatic heterocycles. The molecule has 0 radical (unpaired) electrons. The van der Waals surface area contributed by atoms with Crippen LogP contribution in [0.25, 0.3) is 21.9 Å². The van der Waals surface area contributed by atoms with E-state index in [1.807, 2.05) is 18.3 Å². The SMILES string of the molecule is Cc1cccc2c(CN)ncc(-c3ccc(F)cc3)c12. The summed E-state index contributed by atoms with van der Waals surface area (Å²) in [4.78, 5) is 4.45. The number of hydrogen-bond acceptors (Lipinski definition) is 2. The molecule has 0 aliphatic heterocycles. The summed E-state index contributed by atoms with van der Waals surface area (Å²) in [5, 5.41) is 2.20. The van der Waals surface area contributed by atoms with Crippen LogP contribution in [0.1, 0.15) is 11.3 Å². The highest BCUT2D eigenvalue weighted by Gasteiger charge is 2.10. The molecule has 0 atom stereocenters. The van der Waals surface area contributed by atoms with Crippen LogP contribution >= 0.6 is 0 Å². The van der Waals surface area contributed by atoms with Gasteiger partial charge in [0.25, 0.3) is 0 Å². The average Bonchev–Trinajstić information content (AvgIpc) is 2.47. The van der Waals surface area contributed by atoms with Crippen LogP contribution in [0.3, 0.4) is 0 Å². The van der Waals surface area contributed by atoms with Gasteiger partial charge in [-0.15, -0.1) is 0 Å². The lowest BCUT2D eigenvalue weighted by Gasteiger charge is -2.12. The van der Waals surface area contributed by atoms with E-state index in [0.717, 1.165) is 27.6 Å². The molecule has 0 fully saturated rings. The zero-order valence-corrected chi connectivity index (χ0v) is 11.2. The molecule has 2 N–H and O–H groups in total. The first-order chi connectivity index (χ1) is 9.70. The fourth-order valence-electron chi connectivity index (χ4n) is 2.55.